The van der Waals surface area contributed by atoms with Gasteiger partial charge < -0.3 is 0 Å². The normalized spacial score (nSPS) is 11.0. The van der Waals surface area contributed by atoms with Gasteiger partial charge in [-0.2, -0.15) is 5.26 Å². The Morgan fingerprint density at radius 2 is 1.86 bits per heavy atom. The number of anilines is 1. The van der Waals surface area contributed by atoms with Gasteiger partial charge in [0.15, 0.2) is 0 Å². The summed E-state index contributed by atoms with van der Waals surface area (Å²) in [5.41, 5.74) is 1.33. The number of sulfonamides is 1. The predicted molar refractivity (Wildman–Crippen MR) is 77.8 cm³/mol. The van der Waals surface area contributed by atoms with E-state index in [-0.39, 0.29) is 16.1 Å². The molecule has 0 heterocycles. The van der Waals surface area contributed by atoms with E-state index < -0.39 is 15.8 Å². The van der Waals surface area contributed by atoms with Gasteiger partial charge in [-0.05, 0) is 49.2 Å². The fraction of sp³-hybridized carbons (Fsp3) is 0.133. The first kappa shape index (κ1) is 15.0. The van der Waals surface area contributed by atoms with Crippen LogP contribution in [-0.4, -0.2) is 8.42 Å². The third-order valence-corrected chi connectivity index (χ3v) is 4.48. The molecule has 2 aromatic rings. The van der Waals surface area contributed by atoms with Crippen LogP contribution in [0.2, 0.25) is 0 Å². The molecule has 21 heavy (non-hydrogen) atoms. The summed E-state index contributed by atoms with van der Waals surface area (Å²) in [6.45, 7) is 3.35. The highest BCUT2D eigenvalue weighted by Crippen LogP contribution is 2.23. The van der Waals surface area contributed by atoms with Crippen molar-refractivity contribution in [3.05, 3.63) is 58.9 Å². The molecular formula is C15H13FN2O2S. The first-order chi connectivity index (χ1) is 9.83. The number of aryl methyl sites for hydroxylation is 2. The zero-order valence-electron chi connectivity index (χ0n) is 11.5. The van der Waals surface area contributed by atoms with E-state index in [2.05, 4.69) is 4.72 Å². The third-order valence-electron chi connectivity index (χ3n) is 2.97. The minimum absolute atomic E-state index is 0.0394. The van der Waals surface area contributed by atoms with Crippen LogP contribution in [0.3, 0.4) is 0 Å². The van der Waals surface area contributed by atoms with Gasteiger partial charge in [-0.1, -0.05) is 12.1 Å². The highest BCUT2D eigenvalue weighted by Gasteiger charge is 2.19. The number of nitriles is 1. The number of rotatable bonds is 3. The largest absolute Gasteiger partial charge is 0.277 e. The van der Waals surface area contributed by atoms with Crippen molar-refractivity contribution in [2.24, 2.45) is 0 Å². The molecule has 0 spiro atoms. The Morgan fingerprint density at radius 3 is 2.52 bits per heavy atom. The fourth-order valence-electron chi connectivity index (χ4n) is 1.88. The van der Waals surface area contributed by atoms with Gasteiger partial charge in [0.1, 0.15) is 5.82 Å². The van der Waals surface area contributed by atoms with E-state index in [1.807, 2.05) is 6.07 Å². The van der Waals surface area contributed by atoms with Crippen molar-refractivity contribution in [1.29, 1.82) is 5.26 Å². The van der Waals surface area contributed by atoms with E-state index in [4.69, 9.17) is 5.26 Å². The minimum Gasteiger partial charge on any atom is -0.277 e. The highest BCUT2D eigenvalue weighted by atomic mass is 32.2. The van der Waals surface area contributed by atoms with Crippen molar-refractivity contribution in [3.63, 3.8) is 0 Å². The van der Waals surface area contributed by atoms with E-state index in [1.165, 1.54) is 24.3 Å². The molecule has 0 bridgehead atoms. The molecule has 0 fully saturated rings. The average Bonchev–Trinajstić information content (AvgIpc) is 2.43. The molecule has 2 rings (SSSR count). The lowest BCUT2D eigenvalue weighted by atomic mass is 10.2. The van der Waals surface area contributed by atoms with Crippen LogP contribution in [-0.2, 0) is 10.0 Å². The number of benzene rings is 2. The number of nitrogens with one attached hydrogen (secondary N) is 1. The van der Waals surface area contributed by atoms with E-state index in [9.17, 15) is 12.8 Å². The van der Waals surface area contributed by atoms with Gasteiger partial charge in [-0.3, -0.25) is 4.72 Å². The summed E-state index contributed by atoms with van der Waals surface area (Å²) < 4.78 is 40.6. The second kappa shape index (κ2) is 5.54. The van der Waals surface area contributed by atoms with Crippen molar-refractivity contribution in [3.8, 4) is 6.07 Å². The minimum atomic E-state index is -3.96. The van der Waals surface area contributed by atoms with E-state index in [0.717, 1.165) is 5.56 Å². The standard InChI is InChI=1S/C15H13FN2O2S/c1-10-3-6-13(16)14(7-10)18-21(19,20)15-8-12(9-17)5-4-11(15)2/h3-8,18H,1-2H3. The van der Waals surface area contributed by atoms with Crippen molar-refractivity contribution < 1.29 is 12.8 Å². The third kappa shape index (κ3) is 3.20. The molecule has 0 aliphatic carbocycles. The van der Waals surface area contributed by atoms with Crippen molar-refractivity contribution in [2.45, 2.75) is 18.7 Å². The van der Waals surface area contributed by atoms with E-state index in [1.54, 1.807) is 26.0 Å². The molecule has 4 nitrogen and oxygen atoms in total. The Morgan fingerprint density at radius 1 is 1.14 bits per heavy atom. The van der Waals surface area contributed by atoms with Crippen molar-refractivity contribution in [1.82, 2.24) is 0 Å². The monoisotopic (exact) mass is 304 g/mol. The summed E-state index contributed by atoms with van der Waals surface area (Å²) >= 11 is 0. The van der Waals surface area contributed by atoms with Crippen LogP contribution in [0.1, 0.15) is 16.7 Å². The maximum Gasteiger partial charge on any atom is 0.262 e. The van der Waals surface area contributed by atoms with E-state index in [0.29, 0.717) is 5.56 Å². The molecule has 0 aromatic heterocycles. The van der Waals surface area contributed by atoms with Gasteiger partial charge in [0.05, 0.1) is 22.2 Å². The maximum atomic E-state index is 13.7. The molecule has 0 atom stereocenters. The van der Waals surface area contributed by atoms with Gasteiger partial charge in [0.25, 0.3) is 10.0 Å². The fourth-order valence-corrected chi connectivity index (χ4v) is 3.21. The summed E-state index contributed by atoms with van der Waals surface area (Å²) in [6.07, 6.45) is 0. The molecule has 0 unspecified atom stereocenters. The number of hydrogen-bond acceptors (Lipinski definition) is 3. The molecule has 0 radical (unpaired) electrons. The summed E-state index contributed by atoms with van der Waals surface area (Å²) in [5, 5.41) is 8.86. The van der Waals surface area contributed by atoms with Gasteiger partial charge in [-0.15, -0.1) is 0 Å². The summed E-state index contributed by atoms with van der Waals surface area (Å²) in [7, 11) is -3.96. The van der Waals surface area contributed by atoms with Crippen LogP contribution >= 0.6 is 0 Å². The molecule has 6 heteroatoms. The first-order valence-electron chi connectivity index (χ1n) is 6.13. The Kier molecular flexibility index (Phi) is 3.96. The average molecular weight is 304 g/mol. The number of halogens is 1. The maximum absolute atomic E-state index is 13.7. The summed E-state index contributed by atoms with van der Waals surface area (Å²) in [4.78, 5) is -0.0394. The SMILES string of the molecule is Cc1ccc(F)c(NS(=O)(=O)c2cc(C#N)ccc2C)c1. The molecule has 0 aliphatic rings. The van der Waals surface area contributed by atoms with Crippen LogP contribution < -0.4 is 4.72 Å². The van der Waals surface area contributed by atoms with Gasteiger partial charge in [0, 0.05) is 0 Å². The molecule has 2 aromatic carbocycles. The Labute approximate surface area is 122 Å². The van der Waals surface area contributed by atoms with Gasteiger partial charge >= 0.3 is 0 Å². The Hall–Kier alpha value is -2.39. The predicted octanol–water partition coefficient (Wildman–Crippen LogP) is 3.12. The smallest absolute Gasteiger partial charge is 0.262 e. The van der Waals surface area contributed by atoms with Gasteiger partial charge in [0.2, 0.25) is 0 Å². The zero-order valence-corrected chi connectivity index (χ0v) is 12.3. The molecule has 0 aliphatic heterocycles. The lowest BCUT2D eigenvalue weighted by Crippen LogP contribution is -2.15. The molecule has 1 N–H and O–H groups in total. The first-order valence-corrected chi connectivity index (χ1v) is 7.61. The summed E-state index contributed by atoms with van der Waals surface area (Å²) in [5.74, 6) is -0.654. The highest BCUT2D eigenvalue weighted by molar-refractivity contribution is 7.92. The lowest BCUT2D eigenvalue weighted by molar-refractivity contribution is 0.598. The van der Waals surface area contributed by atoms with Gasteiger partial charge in [-0.25, -0.2) is 12.8 Å². The number of hydrogen-bond donors (Lipinski definition) is 1. The number of nitrogens with zero attached hydrogens (tertiary/aromatic N) is 1. The van der Waals surface area contributed by atoms with Crippen LogP contribution in [0.25, 0.3) is 0 Å². The van der Waals surface area contributed by atoms with Crippen LogP contribution in [0.15, 0.2) is 41.3 Å². The second-order valence-electron chi connectivity index (χ2n) is 4.68. The molecule has 108 valence electrons. The molecule has 0 saturated heterocycles. The molecular weight excluding hydrogens is 291 g/mol. The van der Waals surface area contributed by atoms with Crippen molar-refractivity contribution >= 4 is 15.7 Å². The topological polar surface area (TPSA) is 70.0 Å². The molecule has 0 amide bonds. The Bertz CT molecular complexity index is 839. The van der Waals surface area contributed by atoms with Crippen LogP contribution in [0, 0.1) is 31.0 Å². The quantitative estimate of drug-likeness (QED) is 0.947. The van der Waals surface area contributed by atoms with E-state index >= 15 is 0 Å². The Balaban J connectivity index is 2.48. The molecule has 0 saturated carbocycles. The van der Waals surface area contributed by atoms with Crippen LogP contribution in [0.5, 0.6) is 0 Å². The zero-order chi connectivity index (χ0) is 15.6. The second-order valence-corrected chi connectivity index (χ2v) is 6.33. The lowest BCUT2D eigenvalue weighted by Gasteiger charge is -2.11. The van der Waals surface area contributed by atoms with Crippen LogP contribution in [0.4, 0.5) is 10.1 Å². The van der Waals surface area contributed by atoms with Crippen molar-refractivity contribution in [2.75, 3.05) is 4.72 Å². The summed E-state index contributed by atoms with van der Waals surface area (Å²) in [6, 6.07) is 10.4.